The van der Waals surface area contributed by atoms with Gasteiger partial charge in [-0.3, -0.25) is 4.90 Å². The summed E-state index contributed by atoms with van der Waals surface area (Å²) >= 11 is 12.6. The number of aliphatic hydroxyl groups excluding tert-OH is 1. The molecular weight excluding hydrogens is 580 g/mol. The molecule has 0 spiro atoms. The van der Waals surface area contributed by atoms with Gasteiger partial charge in [0.05, 0.1) is 43.3 Å². The van der Waals surface area contributed by atoms with Gasteiger partial charge in [-0.1, -0.05) is 44.0 Å². The van der Waals surface area contributed by atoms with Crippen LogP contribution in [0.3, 0.4) is 0 Å². The van der Waals surface area contributed by atoms with Crippen molar-refractivity contribution in [1.29, 1.82) is 0 Å². The molecule has 1 aliphatic carbocycles. The van der Waals surface area contributed by atoms with Crippen LogP contribution in [0.2, 0.25) is 28.4 Å². The van der Waals surface area contributed by atoms with Crippen molar-refractivity contribution in [2.24, 2.45) is 5.41 Å². The normalized spacial score (nSPS) is 24.1. The van der Waals surface area contributed by atoms with Crippen LogP contribution in [-0.4, -0.2) is 89.0 Å². The van der Waals surface area contributed by atoms with Gasteiger partial charge >= 0.3 is 12.1 Å². The average Bonchev–Trinajstić information content (AvgIpc) is 3.59. The van der Waals surface area contributed by atoms with Crippen molar-refractivity contribution in [3.05, 3.63) is 16.1 Å². The topological polar surface area (TPSA) is 121 Å². The third kappa shape index (κ3) is 5.21. The van der Waals surface area contributed by atoms with Crippen LogP contribution in [0.15, 0.2) is 0 Å². The van der Waals surface area contributed by atoms with Crippen molar-refractivity contribution < 1.29 is 28.6 Å². The lowest BCUT2D eigenvalue weighted by atomic mass is 10.0. The number of halogens is 3. The Morgan fingerprint density at radius 1 is 1.18 bits per heavy atom. The lowest BCUT2D eigenvalue weighted by Crippen LogP contribution is -2.63. The molecule has 14 heteroatoms. The van der Waals surface area contributed by atoms with Gasteiger partial charge < -0.3 is 24.3 Å². The van der Waals surface area contributed by atoms with Crippen LogP contribution in [0.25, 0.3) is 10.9 Å². The van der Waals surface area contributed by atoms with Gasteiger partial charge in [-0.2, -0.15) is 9.97 Å². The highest BCUT2D eigenvalue weighted by Crippen LogP contribution is 2.46. The number of rotatable bonds is 8. The van der Waals surface area contributed by atoms with Gasteiger partial charge in [0.1, 0.15) is 16.5 Å². The number of carboxylic acid groups (broad SMARTS) is 1. The number of carbonyl (C=O) groups is 1. The van der Waals surface area contributed by atoms with E-state index in [1.165, 1.54) is 4.90 Å². The van der Waals surface area contributed by atoms with Crippen molar-refractivity contribution in [3.63, 3.8) is 0 Å². The van der Waals surface area contributed by atoms with Crippen LogP contribution in [0.1, 0.15) is 46.5 Å². The van der Waals surface area contributed by atoms with Crippen LogP contribution in [-0.2, 0) is 4.43 Å². The zero-order valence-corrected chi connectivity index (χ0v) is 25.9. The molecule has 1 saturated carbocycles. The highest BCUT2D eigenvalue weighted by atomic mass is 35.5. The second-order valence-corrected chi connectivity index (χ2v) is 18.3. The Hall–Kier alpha value is -1.99. The van der Waals surface area contributed by atoms with Gasteiger partial charge in [-0.05, 0) is 43.8 Å². The minimum absolute atomic E-state index is 0.0310. The Morgan fingerprint density at radius 2 is 1.88 bits per heavy atom. The number of aromatic nitrogens is 3. The predicted octanol–water partition coefficient (Wildman–Crippen LogP) is 5.34. The fourth-order valence-electron chi connectivity index (χ4n) is 5.37. The number of anilines is 1. The Morgan fingerprint density at radius 3 is 2.48 bits per heavy atom. The van der Waals surface area contributed by atoms with E-state index < -0.39 is 31.4 Å². The van der Waals surface area contributed by atoms with E-state index in [1.54, 1.807) is 0 Å². The number of hydrogen-bond acceptors (Lipinski definition) is 8. The summed E-state index contributed by atoms with van der Waals surface area (Å²) in [6, 6.07) is -1.13. The molecule has 1 amide bonds. The molecule has 2 aromatic heterocycles. The first-order valence-corrected chi connectivity index (χ1v) is 17.2. The first-order chi connectivity index (χ1) is 18.7. The standard InChI is InChI=1S/C26H36Cl2FN5O5Si/c1-25(2,3)40(4,5)39-11-16-15-7-6-14(34(15)24(36)37)10-33(16)22-17-19(18(29)21(28)31-20(17)27)30-23(32-22)38-13-26(12-35)8-9-26/h14-16,35H,6-13H2,1-5H3,(H,36,37)/t14-,15+,16-/m1/s1. The first kappa shape index (κ1) is 29.5. The molecule has 4 heterocycles. The molecule has 220 valence electrons. The van der Waals surface area contributed by atoms with E-state index >= 15 is 4.39 Å². The number of hydrogen-bond donors (Lipinski definition) is 2. The molecule has 0 unspecified atom stereocenters. The van der Waals surface area contributed by atoms with Crippen LogP contribution >= 0.6 is 23.2 Å². The predicted molar refractivity (Wildman–Crippen MR) is 153 cm³/mol. The maximum Gasteiger partial charge on any atom is 0.407 e. The van der Waals surface area contributed by atoms with E-state index in [4.69, 9.17) is 37.3 Å². The second-order valence-electron chi connectivity index (χ2n) is 12.8. The Balaban J connectivity index is 1.61. The molecule has 5 rings (SSSR count). The van der Waals surface area contributed by atoms with E-state index in [9.17, 15) is 15.0 Å². The number of amides is 1. The molecule has 3 fully saturated rings. The van der Waals surface area contributed by atoms with E-state index in [2.05, 4.69) is 43.8 Å². The van der Waals surface area contributed by atoms with Crippen molar-refractivity contribution >= 4 is 54.3 Å². The molecule has 2 N–H and O–H groups in total. The Kier molecular flexibility index (Phi) is 7.65. The molecular formula is C26H36Cl2FN5O5Si. The molecule has 3 atom stereocenters. The van der Waals surface area contributed by atoms with Gasteiger partial charge in [-0.15, -0.1) is 0 Å². The molecule has 40 heavy (non-hydrogen) atoms. The molecule has 10 nitrogen and oxygen atoms in total. The van der Waals surface area contributed by atoms with Gasteiger partial charge in [0.2, 0.25) is 0 Å². The summed E-state index contributed by atoms with van der Waals surface area (Å²) in [5.74, 6) is -0.549. The monoisotopic (exact) mass is 615 g/mol. The molecule has 2 bridgehead atoms. The fourth-order valence-corrected chi connectivity index (χ4v) is 6.87. The number of fused-ring (bicyclic) bond motifs is 3. The first-order valence-electron chi connectivity index (χ1n) is 13.6. The highest BCUT2D eigenvalue weighted by Gasteiger charge is 2.51. The summed E-state index contributed by atoms with van der Waals surface area (Å²) < 4.78 is 27.9. The van der Waals surface area contributed by atoms with Gasteiger partial charge in [0.15, 0.2) is 19.3 Å². The molecule has 2 aliphatic heterocycles. The summed E-state index contributed by atoms with van der Waals surface area (Å²) in [6.45, 7) is 11.4. The van der Waals surface area contributed by atoms with Crippen molar-refractivity contribution in [1.82, 2.24) is 19.9 Å². The third-order valence-corrected chi connectivity index (χ3v) is 14.2. The van der Waals surface area contributed by atoms with E-state index in [0.29, 0.717) is 25.2 Å². The largest absolute Gasteiger partial charge is 0.465 e. The number of aliphatic hydroxyl groups is 1. The summed E-state index contributed by atoms with van der Waals surface area (Å²) in [5.41, 5.74) is -0.480. The van der Waals surface area contributed by atoms with E-state index in [0.717, 1.165) is 12.8 Å². The zero-order valence-electron chi connectivity index (χ0n) is 23.4. The molecule has 0 aromatic carbocycles. The van der Waals surface area contributed by atoms with E-state index in [1.807, 2.05) is 4.90 Å². The number of nitrogens with zero attached hydrogens (tertiary/aromatic N) is 5. The zero-order chi connectivity index (χ0) is 29.2. The summed E-state index contributed by atoms with van der Waals surface area (Å²) in [6.07, 6.45) is 2.00. The Bertz CT molecular complexity index is 1320. The lowest BCUT2D eigenvalue weighted by Gasteiger charge is -2.48. The van der Waals surface area contributed by atoms with Crippen LogP contribution in [0.5, 0.6) is 6.01 Å². The maximum absolute atomic E-state index is 15.4. The smallest absolute Gasteiger partial charge is 0.407 e. The Labute approximate surface area is 243 Å². The van der Waals surface area contributed by atoms with Crippen molar-refractivity contribution in [2.75, 3.05) is 31.3 Å². The van der Waals surface area contributed by atoms with Crippen molar-refractivity contribution in [2.45, 2.75) is 82.7 Å². The summed E-state index contributed by atoms with van der Waals surface area (Å²) in [4.78, 5) is 28.8. The SMILES string of the molecule is CC(C)(C)[Si](C)(C)OC[C@@H]1[C@@H]2CC[C@H](CN1c1nc(OCC3(CO)CC3)nc3c(F)c(Cl)nc(Cl)c13)N2C(=O)O. The van der Waals surface area contributed by atoms with Gasteiger partial charge in [0, 0.05) is 12.0 Å². The minimum Gasteiger partial charge on any atom is -0.465 e. The highest BCUT2D eigenvalue weighted by molar-refractivity contribution is 6.74. The second kappa shape index (κ2) is 10.4. The number of pyridine rings is 1. The minimum atomic E-state index is -2.21. The third-order valence-electron chi connectivity index (χ3n) is 9.17. The average molecular weight is 617 g/mol. The van der Waals surface area contributed by atoms with Crippen molar-refractivity contribution in [3.8, 4) is 6.01 Å². The maximum atomic E-state index is 15.4. The molecule has 0 radical (unpaired) electrons. The van der Waals surface area contributed by atoms with Crippen LogP contribution in [0.4, 0.5) is 15.0 Å². The molecule has 2 aromatic rings. The molecule has 2 saturated heterocycles. The number of ether oxygens (including phenoxy) is 1. The summed E-state index contributed by atoms with van der Waals surface area (Å²) in [7, 11) is -2.21. The fraction of sp³-hybridized carbons (Fsp3) is 0.692. The number of piperazine rings is 1. The summed E-state index contributed by atoms with van der Waals surface area (Å²) in [5, 5.41) is 19.4. The van der Waals surface area contributed by atoms with Gasteiger partial charge in [0.25, 0.3) is 0 Å². The molecule has 3 aliphatic rings. The van der Waals surface area contributed by atoms with Crippen LogP contribution in [0, 0.1) is 11.2 Å². The van der Waals surface area contributed by atoms with Gasteiger partial charge in [-0.25, -0.2) is 14.2 Å². The van der Waals surface area contributed by atoms with Crippen LogP contribution < -0.4 is 9.64 Å². The quantitative estimate of drug-likeness (QED) is 0.299. The lowest BCUT2D eigenvalue weighted by molar-refractivity contribution is 0.0883. The van der Waals surface area contributed by atoms with E-state index in [-0.39, 0.29) is 64.4 Å².